The second-order valence-electron chi connectivity index (χ2n) is 5.71. The van der Waals surface area contributed by atoms with Gasteiger partial charge in [0.2, 0.25) is 5.91 Å². The van der Waals surface area contributed by atoms with Crippen LogP contribution < -0.4 is 9.74 Å². The molecule has 1 aromatic carbocycles. The minimum Gasteiger partial charge on any atom is -0.360 e. The Hall–Kier alpha value is -2.35. The number of hydrogen-bond acceptors (Lipinski definition) is 3. The van der Waals surface area contributed by atoms with Crippen molar-refractivity contribution in [2.75, 3.05) is 13.1 Å². The number of halogens is 1. The average molecular weight is 340 g/mol. The number of fused-ring (bicyclic) bond motifs is 1. The molecule has 0 spiro atoms. The molecule has 24 heavy (non-hydrogen) atoms. The number of carbonyl (C=O) groups excluding carboxylic acids is 2. The molecule has 3 rings (SSSR count). The number of likely N-dealkylation sites (tertiary alicyclic amines) is 1. The van der Waals surface area contributed by atoms with E-state index in [9.17, 15) is 14.0 Å². The van der Waals surface area contributed by atoms with E-state index in [1.54, 1.807) is 6.20 Å². The number of nitrogens with one attached hydrogen (secondary N) is 2. The molecule has 8 heteroatoms. The number of aromatic amines is 1. The van der Waals surface area contributed by atoms with Crippen LogP contribution in [0, 0.1) is 11.3 Å². The predicted molar refractivity (Wildman–Crippen MR) is 86.6 cm³/mol. The van der Waals surface area contributed by atoms with Gasteiger partial charge in [0.05, 0.1) is 24.7 Å². The standard InChI is InChI=1S/C16H14FN4O2.Al/c17-10-5-11(6-18)21(9-10)15(22)8-20-16(23)13-7-19-14-4-2-1-3-12(13)14;/h1,3-4,7,10-11,19H,5,8-9H2,(H,20,23);/t10?,11-;/m0./s1. The summed E-state index contributed by atoms with van der Waals surface area (Å²) in [6.45, 7) is -0.366. The molecular formula is C16H14AlFN4O2. The molecule has 1 aromatic heterocycles. The third-order valence-electron chi connectivity index (χ3n) is 4.07. The molecule has 2 heterocycles. The van der Waals surface area contributed by atoms with Crippen molar-refractivity contribution in [1.29, 1.82) is 5.26 Å². The predicted octanol–water partition coefficient (Wildman–Crippen LogP) is 0.154. The van der Waals surface area contributed by atoms with Crippen LogP contribution in [0.4, 0.5) is 4.39 Å². The van der Waals surface area contributed by atoms with Crippen molar-refractivity contribution in [1.82, 2.24) is 15.2 Å². The lowest BCUT2D eigenvalue weighted by Gasteiger charge is -2.19. The van der Waals surface area contributed by atoms with Gasteiger partial charge < -0.3 is 15.2 Å². The number of nitrogens with zero attached hydrogens (tertiary/aromatic N) is 2. The van der Waals surface area contributed by atoms with Crippen molar-refractivity contribution in [3.05, 3.63) is 30.0 Å². The maximum atomic E-state index is 13.4. The first-order chi connectivity index (χ1) is 11.5. The minimum atomic E-state index is -1.19. The van der Waals surface area contributed by atoms with Gasteiger partial charge in [-0.2, -0.15) is 5.26 Å². The monoisotopic (exact) mass is 340 g/mol. The molecule has 6 nitrogen and oxygen atoms in total. The van der Waals surface area contributed by atoms with Gasteiger partial charge in [0.15, 0.2) is 16.3 Å². The molecular weight excluding hydrogens is 326 g/mol. The Morgan fingerprint density at radius 2 is 2.29 bits per heavy atom. The maximum absolute atomic E-state index is 13.4. The number of benzene rings is 1. The number of aromatic nitrogens is 1. The quantitative estimate of drug-likeness (QED) is 0.780. The number of hydrogen-bond donors (Lipinski definition) is 2. The van der Waals surface area contributed by atoms with Gasteiger partial charge in [-0.25, -0.2) is 4.39 Å². The molecule has 0 aliphatic carbocycles. The van der Waals surface area contributed by atoms with Gasteiger partial charge >= 0.3 is 0 Å². The summed E-state index contributed by atoms with van der Waals surface area (Å²) in [6.07, 6.45) is 0.417. The summed E-state index contributed by atoms with van der Waals surface area (Å²) in [5, 5.41) is 12.3. The van der Waals surface area contributed by atoms with E-state index in [0.717, 1.165) is 15.3 Å². The van der Waals surface area contributed by atoms with E-state index in [4.69, 9.17) is 5.26 Å². The molecule has 1 unspecified atom stereocenters. The Morgan fingerprint density at radius 1 is 1.50 bits per heavy atom. The molecule has 2 amide bonds. The molecule has 1 fully saturated rings. The lowest BCUT2D eigenvalue weighted by molar-refractivity contribution is -0.130. The first kappa shape index (κ1) is 16.5. The van der Waals surface area contributed by atoms with Crippen LogP contribution in [0.2, 0.25) is 0 Å². The number of amides is 2. The zero-order valence-electron chi connectivity index (χ0n) is 12.8. The molecule has 2 radical (unpaired) electrons. The highest BCUT2D eigenvalue weighted by atomic mass is 27.0. The Kier molecular flexibility index (Phi) is 4.57. The number of carbonyl (C=O) groups is 2. The van der Waals surface area contributed by atoms with Gasteiger partial charge in [-0.15, -0.1) is 4.43 Å². The molecule has 1 aliphatic rings. The van der Waals surface area contributed by atoms with Crippen LogP contribution in [-0.4, -0.2) is 63.3 Å². The largest absolute Gasteiger partial charge is 0.360 e. The minimum absolute atomic E-state index is 0.0238. The lowest BCUT2D eigenvalue weighted by atomic mass is 10.1. The van der Waals surface area contributed by atoms with E-state index in [1.165, 1.54) is 4.90 Å². The van der Waals surface area contributed by atoms with Gasteiger partial charge in [-0.3, -0.25) is 9.59 Å². The zero-order valence-corrected chi connectivity index (χ0v) is 13.9. The normalized spacial score (nSPS) is 20.1. The highest BCUT2D eigenvalue weighted by Crippen LogP contribution is 2.20. The van der Waals surface area contributed by atoms with Gasteiger partial charge in [-0.1, -0.05) is 18.2 Å². The lowest BCUT2D eigenvalue weighted by Crippen LogP contribution is -2.42. The Bertz CT molecular complexity index is 844. The summed E-state index contributed by atoms with van der Waals surface area (Å²) in [5.74, 6) is -0.849. The van der Waals surface area contributed by atoms with Crippen molar-refractivity contribution in [2.24, 2.45) is 0 Å². The zero-order chi connectivity index (χ0) is 17.3. The highest BCUT2D eigenvalue weighted by molar-refractivity contribution is 6.33. The van der Waals surface area contributed by atoms with Crippen molar-refractivity contribution in [3.8, 4) is 6.07 Å². The third kappa shape index (κ3) is 3.14. The third-order valence-corrected chi connectivity index (χ3v) is 4.43. The number of rotatable bonds is 3. The van der Waals surface area contributed by atoms with Crippen LogP contribution >= 0.6 is 0 Å². The van der Waals surface area contributed by atoms with Crippen LogP contribution in [0.1, 0.15) is 16.8 Å². The summed E-state index contributed by atoms with van der Waals surface area (Å²) < 4.78 is 14.4. The van der Waals surface area contributed by atoms with Crippen LogP contribution in [-0.2, 0) is 4.79 Å². The van der Waals surface area contributed by atoms with Gasteiger partial charge in [0, 0.05) is 23.5 Å². The SMILES string of the molecule is N#C[C@@H]1CC(F)CN1C(=O)CNC(=O)c1c[nH]c2c[c]([Al])ccc12. The Balaban J connectivity index is 1.67. The topological polar surface area (TPSA) is 89.0 Å². The molecule has 2 N–H and O–H groups in total. The van der Waals surface area contributed by atoms with E-state index in [-0.39, 0.29) is 19.5 Å². The fourth-order valence-corrected chi connectivity index (χ4v) is 3.13. The molecule has 0 bridgehead atoms. The van der Waals surface area contributed by atoms with Crippen LogP contribution in [0.25, 0.3) is 10.9 Å². The van der Waals surface area contributed by atoms with Gasteiger partial charge in [0.1, 0.15) is 12.2 Å². The summed E-state index contributed by atoms with van der Waals surface area (Å²) >= 11 is 2.58. The van der Waals surface area contributed by atoms with E-state index in [2.05, 4.69) is 26.6 Å². The fourth-order valence-electron chi connectivity index (χ4n) is 2.87. The van der Waals surface area contributed by atoms with E-state index in [0.29, 0.717) is 5.56 Å². The van der Waals surface area contributed by atoms with Crippen LogP contribution in [0.5, 0.6) is 0 Å². The summed E-state index contributed by atoms with van der Waals surface area (Å²) in [4.78, 5) is 28.6. The van der Waals surface area contributed by atoms with E-state index >= 15 is 0 Å². The van der Waals surface area contributed by atoms with Crippen molar-refractivity contribution >= 4 is 43.4 Å². The molecule has 2 aromatic rings. The molecule has 1 aliphatic heterocycles. The summed E-state index contributed by atoms with van der Waals surface area (Å²) in [5.41, 5.74) is 1.26. The number of nitriles is 1. The van der Waals surface area contributed by atoms with E-state index < -0.39 is 24.0 Å². The second kappa shape index (κ2) is 6.64. The van der Waals surface area contributed by atoms with Gasteiger partial charge in [-0.05, 0) is 0 Å². The molecule has 120 valence electrons. The molecule has 2 atom stereocenters. The first-order valence-electron chi connectivity index (χ1n) is 7.47. The Morgan fingerprint density at radius 3 is 3.04 bits per heavy atom. The summed E-state index contributed by atoms with van der Waals surface area (Å²) in [6, 6.07) is 6.73. The number of H-pyrrole nitrogens is 1. The van der Waals surface area contributed by atoms with Crippen molar-refractivity contribution < 1.29 is 14.0 Å². The highest BCUT2D eigenvalue weighted by Gasteiger charge is 2.35. The molecule has 0 saturated carbocycles. The van der Waals surface area contributed by atoms with Crippen LogP contribution in [0.3, 0.4) is 0 Å². The van der Waals surface area contributed by atoms with Crippen molar-refractivity contribution in [2.45, 2.75) is 18.6 Å². The second-order valence-corrected chi connectivity index (χ2v) is 6.38. The first-order valence-corrected chi connectivity index (χ1v) is 8.05. The van der Waals surface area contributed by atoms with E-state index in [1.807, 2.05) is 24.3 Å². The molecule has 1 saturated heterocycles. The smallest absolute Gasteiger partial charge is 0.253 e. The fraction of sp³-hybridized carbons (Fsp3) is 0.312. The Labute approximate surface area is 146 Å². The average Bonchev–Trinajstić information content (AvgIpc) is 3.14. The van der Waals surface area contributed by atoms with Crippen molar-refractivity contribution in [3.63, 3.8) is 0 Å². The number of alkyl halides is 1. The van der Waals surface area contributed by atoms with Crippen LogP contribution in [0.15, 0.2) is 24.4 Å². The maximum Gasteiger partial charge on any atom is 0.253 e. The summed E-state index contributed by atoms with van der Waals surface area (Å²) in [7, 11) is 0. The van der Waals surface area contributed by atoms with Gasteiger partial charge in [0.25, 0.3) is 5.91 Å².